The second-order valence-corrected chi connectivity index (χ2v) is 6.50. The van der Waals surface area contributed by atoms with Crippen LogP contribution in [0.4, 0.5) is 5.69 Å². The Morgan fingerprint density at radius 1 is 1.53 bits per heavy atom. The summed E-state index contributed by atoms with van der Waals surface area (Å²) in [5, 5.41) is 23.8. The lowest BCUT2D eigenvalue weighted by molar-refractivity contribution is -0.385. The minimum absolute atomic E-state index is 0.0825. The van der Waals surface area contributed by atoms with Crippen molar-refractivity contribution in [3.05, 3.63) is 38.3 Å². The molecule has 2 rings (SSSR count). The van der Waals surface area contributed by atoms with Crippen LogP contribution < -0.4 is 5.32 Å². The Kier molecular flexibility index (Phi) is 3.94. The minimum atomic E-state index is -0.398. The lowest BCUT2D eigenvalue weighted by atomic mass is 9.64. The second-order valence-electron chi connectivity index (χ2n) is 5.58. The first-order valence-corrected chi connectivity index (χ1v) is 6.95. The van der Waals surface area contributed by atoms with Crippen molar-refractivity contribution < 1.29 is 10.0 Å². The van der Waals surface area contributed by atoms with Gasteiger partial charge in [-0.15, -0.1) is 0 Å². The van der Waals surface area contributed by atoms with Gasteiger partial charge in [0.05, 0.1) is 11.0 Å². The molecular weight excluding hydrogens is 312 g/mol. The Morgan fingerprint density at radius 3 is 2.74 bits per heavy atom. The van der Waals surface area contributed by atoms with Gasteiger partial charge in [-0.1, -0.05) is 29.8 Å². The third kappa shape index (κ3) is 2.96. The van der Waals surface area contributed by atoms with E-state index < -0.39 is 4.92 Å². The Bertz CT molecular complexity index is 505. The molecule has 0 aliphatic heterocycles. The van der Waals surface area contributed by atoms with E-state index in [4.69, 9.17) is 0 Å². The van der Waals surface area contributed by atoms with Gasteiger partial charge in [0.1, 0.15) is 0 Å². The SMILES string of the molecule is CC1(C)C(O)CC1NCc1cc(Br)cc([N+](=O)[O-])c1. The van der Waals surface area contributed by atoms with Gasteiger partial charge in [0, 0.05) is 34.6 Å². The molecule has 6 heteroatoms. The molecule has 19 heavy (non-hydrogen) atoms. The van der Waals surface area contributed by atoms with E-state index in [9.17, 15) is 15.2 Å². The smallest absolute Gasteiger partial charge is 0.270 e. The average Bonchev–Trinajstić information content (AvgIpc) is 2.33. The van der Waals surface area contributed by atoms with Crippen LogP contribution in [-0.4, -0.2) is 22.2 Å². The van der Waals surface area contributed by atoms with Gasteiger partial charge < -0.3 is 10.4 Å². The molecule has 2 N–H and O–H groups in total. The van der Waals surface area contributed by atoms with Gasteiger partial charge in [-0.2, -0.15) is 0 Å². The van der Waals surface area contributed by atoms with Crippen molar-refractivity contribution in [1.82, 2.24) is 5.32 Å². The maximum Gasteiger partial charge on any atom is 0.270 e. The number of hydrogen-bond acceptors (Lipinski definition) is 4. The van der Waals surface area contributed by atoms with Crippen LogP contribution in [0.25, 0.3) is 0 Å². The van der Waals surface area contributed by atoms with Crippen LogP contribution in [-0.2, 0) is 6.54 Å². The number of nitro benzene ring substituents is 1. The normalized spacial score (nSPS) is 24.8. The Morgan fingerprint density at radius 2 is 2.21 bits per heavy atom. The van der Waals surface area contributed by atoms with Gasteiger partial charge in [0.25, 0.3) is 5.69 Å². The van der Waals surface area contributed by atoms with E-state index in [1.165, 1.54) is 6.07 Å². The van der Waals surface area contributed by atoms with Gasteiger partial charge in [0.2, 0.25) is 0 Å². The minimum Gasteiger partial charge on any atom is -0.392 e. The summed E-state index contributed by atoms with van der Waals surface area (Å²) in [6, 6.07) is 5.16. The molecule has 0 radical (unpaired) electrons. The van der Waals surface area contributed by atoms with Crippen LogP contribution in [0.3, 0.4) is 0 Å². The van der Waals surface area contributed by atoms with Crippen LogP contribution in [0.5, 0.6) is 0 Å². The molecule has 2 unspecified atom stereocenters. The maximum absolute atomic E-state index is 10.8. The molecule has 0 saturated heterocycles. The number of nitrogens with zero attached hydrogens (tertiary/aromatic N) is 1. The van der Waals surface area contributed by atoms with Gasteiger partial charge in [-0.3, -0.25) is 10.1 Å². The summed E-state index contributed by atoms with van der Waals surface area (Å²) in [6.45, 7) is 4.59. The van der Waals surface area contributed by atoms with Crippen LogP contribution in [0.1, 0.15) is 25.8 Å². The summed E-state index contributed by atoms with van der Waals surface area (Å²) in [4.78, 5) is 10.4. The standard InChI is InChI=1S/C13H17BrN2O3/c1-13(2)11(6-12(13)17)15-7-8-3-9(14)5-10(4-8)16(18)19/h3-5,11-12,15,17H,6-7H2,1-2H3. The van der Waals surface area contributed by atoms with E-state index in [0.717, 1.165) is 12.0 Å². The quantitative estimate of drug-likeness (QED) is 0.658. The lowest BCUT2D eigenvalue weighted by Gasteiger charge is -2.49. The topological polar surface area (TPSA) is 75.4 Å². The van der Waals surface area contributed by atoms with E-state index in [2.05, 4.69) is 21.2 Å². The summed E-state index contributed by atoms with van der Waals surface area (Å²) in [5.74, 6) is 0. The molecule has 1 saturated carbocycles. The van der Waals surface area contributed by atoms with Gasteiger partial charge in [-0.25, -0.2) is 0 Å². The molecule has 1 fully saturated rings. The van der Waals surface area contributed by atoms with E-state index in [0.29, 0.717) is 11.0 Å². The summed E-state index contributed by atoms with van der Waals surface area (Å²) in [7, 11) is 0. The summed E-state index contributed by atoms with van der Waals surface area (Å²) < 4.78 is 0.700. The molecule has 1 aliphatic carbocycles. The van der Waals surface area contributed by atoms with Gasteiger partial charge in [0.15, 0.2) is 0 Å². The Labute approximate surface area is 120 Å². The molecule has 0 heterocycles. The average molecular weight is 329 g/mol. The highest BCUT2D eigenvalue weighted by Gasteiger charge is 2.46. The van der Waals surface area contributed by atoms with Crippen LogP contribution in [0.15, 0.2) is 22.7 Å². The number of halogens is 1. The fraction of sp³-hybridized carbons (Fsp3) is 0.538. The van der Waals surface area contributed by atoms with Crippen LogP contribution in [0.2, 0.25) is 0 Å². The summed E-state index contributed by atoms with van der Waals surface area (Å²) in [5.41, 5.74) is 0.801. The molecular formula is C13H17BrN2O3. The highest BCUT2D eigenvalue weighted by atomic mass is 79.9. The molecule has 1 aliphatic rings. The number of benzene rings is 1. The third-order valence-electron chi connectivity index (χ3n) is 3.92. The zero-order valence-corrected chi connectivity index (χ0v) is 12.5. The molecule has 1 aromatic carbocycles. The van der Waals surface area contributed by atoms with Crippen molar-refractivity contribution in [1.29, 1.82) is 0 Å². The fourth-order valence-corrected chi connectivity index (χ4v) is 2.86. The number of aliphatic hydroxyl groups is 1. The molecule has 1 aromatic rings. The number of hydrogen-bond donors (Lipinski definition) is 2. The largest absolute Gasteiger partial charge is 0.392 e. The first-order valence-electron chi connectivity index (χ1n) is 6.16. The second kappa shape index (κ2) is 5.19. The van der Waals surface area contributed by atoms with E-state index in [-0.39, 0.29) is 23.2 Å². The zero-order chi connectivity index (χ0) is 14.2. The summed E-state index contributed by atoms with van der Waals surface area (Å²) >= 11 is 3.28. The molecule has 0 amide bonds. The van der Waals surface area contributed by atoms with Crippen molar-refractivity contribution in [2.75, 3.05) is 0 Å². The zero-order valence-electron chi connectivity index (χ0n) is 10.9. The molecule has 0 bridgehead atoms. The predicted octanol–water partition coefficient (Wildman–Crippen LogP) is 2.61. The monoisotopic (exact) mass is 328 g/mol. The highest BCUT2D eigenvalue weighted by Crippen LogP contribution is 2.40. The van der Waals surface area contributed by atoms with Gasteiger partial charge in [-0.05, 0) is 18.1 Å². The highest BCUT2D eigenvalue weighted by molar-refractivity contribution is 9.10. The van der Waals surface area contributed by atoms with E-state index in [1.807, 2.05) is 19.9 Å². The lowest BCUT2D eigenvalue weighted by Crippen LogP contribution is -2.59. The number of nitrogens with one attached hydrogen (secondary N) is 1. The third-order valence-corrected chi connectivity index (χ3v) is 4.38. The van der Waals surface area contributed by atoms with Crippen LogP contribution in [0, 0.1) is 15.5 Å². The maximum atomic E-state index is 10.8. The Balaban J connectivity index is 2.02. The van der Waals surface area contributed by atoms with E-state index in [1.54, 1.807) is 6.07 Å². The van der Waals surface area contributed by atoms with Crippen molar-refractivity contribution in [2.24, 2.45) is 5.41 Å². The first kappa shape index (κ1) is 14.4. The van der Waals surface area contributed by atoms with Gasteiger partial charge >= 0.3 is 0 Å². The van der Waals surface area contributed by atoms with Crippen molar-refractivity contribution >= 4 is 21.6 Å². The van der Waals surface area contributed by atoms with Crippen molar-refractivity contribution in [3.63, 3.8) is 0 Å². The molecule has 5 nitrogen and oxygen atoms in total. The van der Waals surface area contributed by atoms with Crippen molar-refractivity contribution in [3.8, 4) is 0 Å². The molecule has 2 atom stereocenters. The predicted molar refractivity (Wildman–Crippen MR) is 75.8 cm³/mol. The van der Waals surface area contributed by atoms with E-state index >= 15 is 0 Å². The molecule has 0 aromatic heterocycles. The summed E-state index contributed by atoms with van der Waals surface area (Å²) in [6.07, 6.45) is 0.449. The van der Waals surface area contributed by atoms with Crippen LogP contribution >= 0.6 is 15.9 Å². The molecule has 0 spiro atoms. The van der Waals surface area contributed by atoms with Crippen molar-refractivity contribution in [2.45, 2.75) is 39.0 Å². The number of non-ortho nitro benzene ring substituents is 1. The Hall–Kier alpha value is -0.980. The molecule has 104 valence electrons. The fourth-order valence-electron chi connectivity index (χ4n) is 2.33. The first-order chi connectivity index (χ1) is 8.80. The number of aliphatic hydroxyl groups excluding tert-OH is 1. The number of nitro groups is 1. The number of rotatable bonds is 4.